The molecule has 1 aliphatic rings. The number of nitrogens with zero attached hydrogens (tertiary/aromatic N) is 2. The number of benzene rings is 3. The zero-order chi connectivity index (χ0) is 27.4. The fourth-order valence-electron chi connectivity index (χ4n) is 4.62. The van der Waals surface area contributed by atoms with Crippen molar-refractivity contribution in [2.45, 2.75) is 30.3 Å². The van der Waals surface area contributed by atoms with Crippen LogP contribution in [0.4, 0.5) is 18.3 Å². The quantitative estimate of drug-likeness (QED) is 0.249. The van der Waals surface area contributed by atoms with Gasteiger partial charge in [-0.1, -0.05) is 47.7 Å². The molecule has 1 fully saturated rings. The number of nitrogens with one attached hydrogen (secondary N) is 3. The van der Waals surface area contributed by atoms with E-state index in [2.05, 4.69) is 15.3 Å². The van der Waals surface area contributed by atoms with E-state index in [-0.39, 0.29) is 6.42 Å². The Morgan fingerprint density at radius 3 is 2.49 bits per heavy atom. The number of sulfonamides is 1. The van der Waals surface area contributed by atoms with Crippen LogP contribution in [0.2, 0.25) is 0 Å². The van der Waals surface area contributed by atoms with Crippen molar-refractivity contribution >= 4 is 53.6 Å². The zero-order valence-corrected chi connectivity index (χ0v) is 21.6. The molecule has 0 spiro atoms. The van der Waals surface area contributed by atoms with Crippen molar-refractivity contribution in [3.8, 4) is 0 Å². The van der Waals surface area contributed by atoms with Gasteiger partial charge in [-0.25, -0.2) is 18.4 Å². The molecule has 1 unspecified atom stereocenters. The van der Waals surface area contributed by atoms with Gasteiger partial charge in [0.15, 0.2) is 5.13 Å². The molecule has 2 aromatic heterocycles. The number of para-hydroxylation sites is 2. The molecule has 0 aliphatic carbocycles. The first-order chi connectivity index (χ1) is 18.5. The molecular weight excluding hydrogens is 551 g/mol. The molecule has 6 rings (SSSR count). The third-order valence-corrected chi connectivity index (χ3v) is 9.19. The summed E-state index contributed by atoms with van der Waals surface area (Å²) in [5.74, 6) is 0.0834. The van der Waals surface area contributed by atoms with Crippen LogP contribution in [0.15, 0.2) is 66.7 Å². The lowest BCUT2D eigenvalue weighted by Crippen LogP contribution is -2.21. The molecule has 1 aliphatic heterocycles. The van der Waals surface area contributed by atoms with Crippen molar-refractivity contribution in [1.29, 1.82) is 0 Å². The van der Waals surface area contributed by atoms with Crippen molar-refractivity contribution in [2.24, 2.45) is 0 Å². The van der Waals surface area contributed by atoms with E-state index < -0.39 is 39.0 Å². The lowest BCUT2D eigenvalue weighted by Gasteiger charge is -2.17. The molecule has 39 heavy (non-hydrogen) atoms. The molecule has 200 valence electrons. The van der Waals surface area contributed by atoms with Gasteiger partial charge in [-0.3, -0.25) is 9.52 Å². The summed E-state index contributed by atoms with van der Waals surface area (Å²) in [7, 11) is -3.75. The minimum absolute atomic E-state index is 0.126. The Hall–Kier alpha value is -3.97. The van der Waals surface area contributed by atoms with Gasteiger partial charge in [0.25, 0.3) is 0 Å². The van der Waals surface area contributed by atoms with Gasteiger partial charge in [0.1, 0.15) is 11.1 Å². The van der Waals surface area contributed by atoms with E-state index in [0.29, 0.717) is 33.2 Å². The van der Waals surface area contributed by atoms with Crippen LogP contribution in [0.1, 0.15) is 40.2 Å². The molecule has 2 atom stereocenters. The van der Waals surface area contributed by atoms with Gasteiger partial charge in [-0.2, -0.15) is 13.2 Å². The number of hydrogen-bond acceptors (Lipinski definition) is 7. The third-order valence-electron chi connectivity index (χ3n) is 6.54. The Kier molecular flexibility index (Phi) is 6.07. The maximum absolute atomic E-state index is 13.2. The Balaban J connectivity index is 1.31. The lowest BCUT2D eigenvalue weighted by atomic mass is 10.0. The second-order valence-electron chi connectivity index (χ2n) is 9.24. The van der Waals surface area contributed by atoms with Crippen LogP contribution in [0.5, 0.6) is 0 Å². The van der Waals surface area contributed by atoms with Gasteiger partial charge in [0.05, 0.1) is 39.3 Å². The third kappa shape index (κ3) is 5.06. The average molecular weight is 572 g/mol. The van der Waals surface area contributed by atoms with Crippen LogP contribution in [0.25, 0.3) is 21.3 Å². The Labute approximate surface area is 224 Å². The van der Waals surface area contributed by atoms with Gasteiger partial charge in [0.2, 0.25) is 15.9 Å². The number of anilines is 1. The first kappa shape index (κ1) is 25.3. The predicted molar refractivity (Wildman–Crippen MR) is 142 cm³/mol. The molecule has 0 bridgehead atoms. The largest absolute Gasteiger partial charge is 0.416 e. The molecule has 3 heterocycles. The minimum Gasteiger partial charge on any atom is -0.351 e. The van der Waals surface area contributed by atoms with Crippen LogP contribution in [0.3, 0.4) is 0 Å². The number of rotatable bonds is 6. The number of thiazole rings is 1. The number of carbonyl (C=O) groups is 1. The number of amides is 1. The fourth-order valence-corrected chi connectivity index (χ4v) is 7.00. The zero-order valence-electron chi connectivity index (χ0n) is 20.0. The minimum atomic E-state index is -4.45. The number of alkyl halides is 3. The van der Waals surface area contributed by atoms with E-state index in [0.717, 1.165) is 40.1 Å². The summed E-state index contributed by atoms with van der Waals surface area (Å²) < 4.78 is 66.5. The highest BCUT2D eigenvalue weighted by molar-refractivity contribution is 7.90. The van der Waals surface area contributed by atoms with E-state index >= 15 is 0 Å². The number of halogens is 3. The first-order valence-corrected chi connectivity index (χ1v) is 14.2. The predicted octanol–water partition coefficient (Wildman–Crippen LogP) is 5.48. The number of aromatic nitrogens is 3. The molecule has 5 aromatic rings. The monoisotopic (exact) mass is 571 g/mol. The summed E-state index contributed by atoms with van der Waals surface area (Å²) in [6.45, 7) is 0. The topological polar surface area (TPSA) is 117 Å². The molecule has 3 aromatic carbocycles. The number of imidazole rings is 1. The maximum atomic E-state index is 13.2. The first-order valence-electron chi connectivity index (χ1n) is 11.9. The normalized spacial score (nSPS) is 17.9. The standard InChI is InChI=1S/C26H20F3N5O3S2/c27-26(28,29)16-9-10-19-21(12-16)38-25(32-19)33-20(24-30-17-3-1-2-4-18(17)31-24)11-14-5-7-15(8-6-14)22-13-23(35)34-39(22,36)37/h1-10,12,20,22H,11,13H2,(H,30,31)(H,32,33)(H,34,35)/t20-,22?/m0/s1. The van der Waals surface area contributed by atoms with Crippen molar-refractivity contribution in [2.75, 3.05) is 5.32 Å². The molecule has 3 N–H and O–H groups in total. The van der Waals surface area contributed by atoms with Crippen molar-refractivity contribution in [3.05, 3.63) is 89.2 Å². The summed E-state index contributed by atoms with van der Waals surface area (Å²) in [6, 6.07) is 17.5. The van der Waals surface area contributed by atoms with Gasteiger partial charge in [-0.15, -0.1) is 0 Å². The highest BCUT2D eigenvalue weighted by Gasteiger charge is 2.37. The molecule has 0 saturated carbocycles. The Morgan fingerprint density at radius 2 is 1.79 bits per heavy atom. The molecule has 1 saturated heterocycles. The van der Waals surface area contributed by atoms with Crippen LogP contribution in [-0.4, -0.2) is 29.3 Å². The van der Waals surface area contributed by atoms with E-state index in [9.17, 15) is 26.4 Å². The SMILES string of the molecule is O=C1CC(c2ccc(C[C@H](Nc3nc4ccc(C(F)(F)F)cc4s3)c3nc4ccccc4[nH]3)cc2)S(=O)(=O)N1. The van der Waals surface area contributed by atoms with Gasteiger partial charge >= 0.3 is 6.18 Å². The van der Waals surface area contributed by atoms with Crippen molar-refractivity contribution in [1.82, 2.24) is 19.7 Å². The molecule has 0 radical (unpaired) electrons. The fraction of sp³-hybridized carbons (Fsp3) is 0.192. The summed E-state index contributed by atoms with van der Waals surface area (Å²) in [5, 5.41) is 2.82. The van der Waals surface area contributed by atoms with Crippen LogP contribution >= 0.6 is 11.3 Å². The van der Waals surface area contributed by atoms with E-state index in [1.807, 2.05) is 29.0 Å². The Bertz CT molecular complexity index is 1780. The van der Waals surface area contributed by atoms with Gasteiger partial charge < -0.3 is 10.3 Å². The second-order valence-corrected chi connectivity index (χ2v) is 12.1. The summed E-state index contributed by atoms with van der Waals surface area (Å²) >= 11 is 1.12. The van der Waals surface area contributed by atoms with Crippen LogP contribution in [-0.2, 0) is 27.4 Å². The van der Waals surface area contributed by atoms with Crippen molar-refractivity contribution in [3.63, 3.8) is 0 Å². The summed E-state index contributed by atoms with van der Waals surface area (Å²) in [4.78, 5) is 24.1. The lowest BCUT2D eigenvalue weighted by molar-refractivity contribution is -0.137. The number of fused-ring (bicyclic) bond motifs is 2. The number of hydrogen-bond donors (Lipinski definition) is 3. The van der Waals surface area contributed by atoms with Crippen LogP contribution in [0, 0.1) is 0 Å². The maximum Gasteiger partial charge on any atom is 0.416 e. The summed E-state index contributed by atoms with van der Waals surface area (Å²) in [6.07, 6.45) is -4.16. The van der Waals surface area contributed by atoms with E-state index in [1.54, 1.807) is 24.3 Å². The Morgan fingerprint density at radius 1 is 1.03 bits per heavy atom. The highest BCUT2D eigenvalue weighted by atomic mass is 32.2. The molecule has 1 amide bonds. The van der Waals surface area contributed by atoms with E-state index in [4.69, 9.17) is 4.98 Å². The molecule has 13 heteroatoms. The van der Waals surface area contributed by atoms with Gasteiger partial charge in [0, 0.05) is 0 Å². The molecular formula is C26H20F3N5O3S2. The second kappa shape index (κ2) is 9.35. The number of carbonyl (C=O) groups excluding carboxylic acids is 1. The number of aromatic amines is 1. The average Bonchev–Trinajstić information content (AvgIpc) is 3.56. The number of H-pyrrole nitrogens is 1. The molecule has 8 nitrogen and oxygen atoms in total. The summed E-state index contributed by atoms with van der Waals surface area (Å²) in [5.41, 5.74) is 2.67. The van der Waals surface area contributed by atoms with Crippen LogP contribution < -0.4 is 10.0 Å². The van der Waals surface area contributed by atoms with Crippen molar-refractivity contribution < 1.29 is 26.4 Å². The highest BCUT2D eigenvalue weighted by Crippen LogP contribution is 2.36. The van der Waals surface area contributed by atoms with Gasteiger partial charge in [-0.05, 0) is 47.9 Å². The smallest absolute Gasteiger partial charge is 0.351 e. The van der Waals surface area contributed by atoms with E-state index in [1.165, 1.54) is 6.07 Å².